The van der Waals surface area contributed by atoms with Crippen molar-refractivity contribution in [2.45, 2.75) is 49.6 Å². The number of hydrogen-bond donors (Lipinski definition) is 0. The van der Waals surface area contributed by atoms with Crippen molar-refractivity contribution in [2.75, 3.05) is 0 Å². The first-order valence-corrected chi connectivity index (χ1v) is 11.9. The summed E-state index contributed by atoms with van der Waals surface area (Å²) >= 11 is 0. The summed E-state index contributed by atoms with van der Waals surface area (Å²) in [6, 6.07) is 31.2. The Kier molecular flexibility index (Phi) is 5.78. The molecule has 1 aliphatic carbocycles. The molecule has 0 saturated heterocycles. The van der Waals surface area contributed by atoms with Crippen molar-refractivity contribution in [1.29, 1.82) is 0 Å². The van der Waals surface area contributed by atoms with E-state index in [0.29, 0.717) is 6.42 Å². The highest BCUT2D eigenvalue weighted by Crippen LogP contribution is 2.45. The standard InChI is InChI=1S/C29H29N3O2/c1-28(32(33)34)20-12-11-19-26(28)27-21-31(22-30-27)29(23-13-5-2-6-14-23,24-15-7-3-8-16-24)25-17-9-4-10-18-25/h2-10,13-18,21-22,26H,11-12,19-20H2,1H3/t26-,28+/m1/s1. The van der Waals surface area contributed by atoms with Gasteiger partial charge in [-0.05, 0) is 29.5 Å². The molecule has 5 rings (SSSR count). The van der Waals surface area contributed by atoms with Gasteiger partial charge in [-0.15, -0.1) is 0 Å². The molecule has 1 aliphatic rings. The maximum atomic E-state index is 12.1. The lowest BCUT2D eigenvalue weighted by atomic mass is 9.73. The molecule has 5 heteroatoms. The fourth-order valence-corrected chi connectivity index (χ4v) is 5.69. The number of rotatable bonds is 6. The summed E-state index contributed by atoms with van der Waals surface area (Å²) in [5.74, 6) is -0.211. The van der Waals surface area contributed by atoms with E-state index >= 15 is 0 Å². The van der Waals surface area contributed by atoms with Gasteiger partial charge in [-0.25, -0.2) is 4.98 Å². The summed E-state index contributed by atoms with van der Waals surface area (Å²) < 4.78 is 2.15. The molecule has 3 aromatic carbocycles. The van der Waals surface area contributed by atoms with Crippen molar-refractivity contribution in [3.63, 3.8) is 0 Å². The van der Waals surface area contributed by atoms with Gasteiger partial charge in [-0.3, -0.25) is 10.1 Å². The molecule has 0 spiro atoms. The quantitative estimate of drug-likeness (QED) is 0.193. The van der Waals surface area contributed by atoms with Crippen LogP contribution in [0.3, 0.4) is 0 Å². The van der Waals surface area contributed by atoms with Gasteiger partial charge in [0.05, 0.1) is 17.9 Å². The number of hydrogen-bond acceptors (Lipinski definition) is 3. The Morgan fingerprint density at radius 1 is 0.882 bits per heavy atom. The third kappa shape index (κ3) is 3.52. The van der Waals surface area contributed by atoms with Crippen LogP contribution < -0.4 is 0 Å². The molecule has 1 heterocycles. The summed E-state index contributed by atoms with van der Waals surface area (Å²) in [7, 11) is 0. The van der Waals surface area contributed by atoms with Crippen LogP contribution in [-0.2, 0) is 5.54 Å². The minimum atomic E-state index is -0.994. The van der Waals surface area contributed by atoms with E-state index in [1.807, 2.05) is 30.7 Å². The summed E-state index contributed by atoms with van der Waals surface area (Å²) in [4.78, 5) is 16.8. The fraction of sp³-hybridized carbons (Fsp3) is 0.276. The molecule has 4 aromatic rings. The largest absolute Gasteiger partial charge is 0.319 e. The predicted octanol–water partition coefficient (Wildman–Crippen LogP) is 6.42. The van der Waals surface area contributed by atoms with Crippen LogP contribution in [0.25, 0.3) is 0 Å². The third-order valence-electron chi connectivity index (χ3n) is 7.52. The molecule has 1 aromatic heterocycles. The predicted molar refractivity (Wildman–Crippen MR) is 133 cm³/mol. The normalized spacial score (nSPS) is 20.7. The Morgan fingerprint density at radius 2 is 1.38 bits per heavy atom. The lowest BCUT2D eigenvalue weighted by molar-refractivity contribution is -0.574. The maximum absolute atomic E-state index is 12.1. The zero-order valence-corrected chi connectivity index (χ0v) is 19.4. The van der Waals surface area contributed by atoms with Crippen molar-refractivity contribution >= 4 is 0 Å². The molecule has 0 bridgehead atoms. The highest BCUT2D eigenvalue weighted by molar-refractivity contribution is 5.50. The van der Waals surface area contributed by atoms with Crippen LogP contribution in [0.2, 0.25) is 0 Å². The van der Waals surface area contributed by atoms with E-state index in [-0.39, 0.29) is 10.8 Å². The van der Waals surface area contributed by atoms with Gasteiger partial charge >= 0.3 is 0 Å². The van der Waals surface area contributed by atoms with Gasteiger partial charge in [-0.2, -0.15) is 0 Å². The second kappa shape index (κ2) is 8.90. The van der Waals surface area contributed by atoms with E-state index in [1.165, 1.54) is 0 Å². The third-order valence-corrected chi connectivity index (χ3v) is 7.52. The molecule has 0 amide bonds. The highest BCUT2D eigenvalue weighted by Gasteiger charge is 2.49. The Labute approximate surface area is 200 Å². The molecular weight excluding hydrogens is 422 g/mol. The average Bonchev–Trinajstić information content (AvgIpc) is 3.37. The average molecular weight is 452 g/mol. The molecule has 0 N–H and O–H groups in total. The van der Waals surface area contributed by atoms with E-state index in [4.69, 9.17) is 4.98 Å². The topological polar surface area (TPSA) is 61.0 Å². The first-order chi connectivity index (χ1) is 16.6. The summed E-state index contributed by atoms with van der Waals surface area (Å²) in [6.07, 6.45) is 7.14. The van der Waals surface area contributed by atoms with Crippen LogP contribution in [0.4, 0.5) is 0 Å². The van der Waals surface area contributed by atoms with E-state index in [1.54, 1.807) is 6.92 Å². The highest BCUT2D eigenvalue weighted by atomic mass is 16.6. The van der Waals surface area contributed by atoms with Crippen LogP contribution >= 0.6 is 0 Å². The fourth-order valence-electron chi connectivity index (χ4n) is 5.69. The minimum Gasteiger partial charge on any atom is -0.319 e. The summed E-state index contributed by atoms with van der Waals surface area (Å²) in [5, 5.41) is 12.1. The molecule has 1 fully saturated rings. The van der Waals surface area contributed by atoms with Crippen LogP contribution in [0, 0.1) is 10.1 Å². The Balaban J connectivity index is 1.75. The monoisotopic (exact) mass is 451 g/mol. The van der Waals surface area contributed by atoms with E-state index in [2.05, 4.69) is 77.4 Å². The van der Waals surface area contributed by atoms with Gasteiger partial charge in [0.1, 0.15) is 5.54 Å². The Bertz CT molecular complexity index is 1160. The minimum absolute atomic E-state index is 0.0886. The van der Waals surface area contributed by atoms with Crippen molar-refractivity contribution in [3.8, 4) is 0 Å². The van der Waals surface area contributed by atoms with Crippen molar-refractivity contribution in [2.24, 2.45) is 0 Å². The van der Waals surface area contributed by atoms with Crippen molar-refractivity contribution in [1.82, 2.24) is 9.55 Å². The van der Waals surface area contributed by atoms with Gasteiger partial charge < -0.3 is 4.57 Å². The molecule has 34 heavy (non-hydrogen) atoms. The lowest BCUT2D eigenvalue weighted by Crippen LogP contribution is -2.43. The zero-order valence-electron chi connectivity index (χ0n) is 19.4. The van der Waals surface area contributed by atoms with Crippen molar-refractivity contribution < 1.29 is 4.92 Å². The van der Waals surface area contributed by atoms with Crippen LogP contribution in [0.5, 0.6) is 0 Å². The second-order valence-corrected chi connectivity index (χ2v) is 9.43. The number of aromatic nitrogens is 2. The van der Waals surface area contributed by atoms with E-state index in [0.717, 1.165) is 41.6 Å². The van der Waals surface area contributed by atoms with Gasteiger partial charge in [0, 0.05) is 24.5 Å². The molecule has 0 unspecified atom stereocenters. The molecule has 5 nitrogen and oxygen atoms in total. The summed E-state index contributed by atoms with van der Waals surface area (Å²) in [5.41, 5.74) is 2.47. The Hall–Kier alpha value is -3.73. The molecule has 1 saturated carbocycles. The molecule has 2 atom stereocenters. The van der Waals surface area contributed by atoms with Crippen LogP contribution in [-0.4, -0.2) is 20.0 Å². The van der Waals surface area contributed by atoms with Crippen LogP contribution in [0.15, 0.2) is 104 Å². The first-order valence-electron chi connectivity index (χ1n) is 11.9. The van der Waals surface area contributed by atoms with E-state index < -0.39 is 11.1 Å². The number of nitro groups is 1. The van der Waals surface area contributed by atoms with Crippen LogP contribution in [0.1, 0.15) is 60.9 Å². The Morgan fingerprint density at radius 3 is 1.85 bits per heavy atom. The second-order valence-electron chi connectivity index (χ2n) is 9.43. The maximum Gasteiger partial charge on any atom is 0.227 e. The lowest BCUT2D eigenvalue weighted by Gasteiger charge is -2.37. The van der Waals surface area contributed by atoms with Crippen molar-refractivity contribution in [3.05, 3.63) is 136 Å². The zero-order chi connectivity index (χ0) is 23.6. The number of benzene rings is 3. The molecule has 172 valence electrons. The van der Waals surface area contributed by atoms with Gasteiger partial charge in [0.2, 0.25) is 5.54 Å². The van der Waals surface area contributed by atoms with Gasteiger partial charge in [0.25, 0.3) is 0 Å². The summed E-state index contributed by atoms with van der Waals surface area (Å²) in [6.45, 7) is 1.79. The number of imidazole rings is 1. The smallest absolute Gasteiger partial charge is 0.227 e. The molecule has 0 aliphatic heterocycles. The van der Waals surface area contributed by atoms with Gasteiger partial charge in [-0.1, -0.05) is 97.4 Å². The van der Waals surface area contributed by atoms with E-state index in [9.17, 15) is 10.1 Å². The molecular formula is C29H29N3O2. The molecule has 0 radical (unpaired) electrons. The number of nitrogens with zero attached hydrogens (tertiary/aromatic N) is 3. The SMILES string of the molecule is C[C@]1([N+](=O)[O-])CCCC[C@@H]1c1cn(C(c2ccccc2)(c2ccccc2)c2ccccc2)cn1. The first kappa shape index (κ1) is 22.1. The van der Waals surface area contributed by atoms with Gasteiger partial charge in [0.15, 0.2) is 0 Å².